The second kappa shape index (κ2) is 9.35. The van der Waals surface area contributed by atoms with E-state index in [-0.39, 0.29) is 24.3 Å². The number of carboxylic acid groups (broad SMARTS) is 1. The zero-order chi connectivity index (χ0) is 21.7. The number of carboxylic acids is 1. The Hall–Kier alpha value is -3.48. The third-order valence-electron chi connectivity index (χ3n) is 5.04. The van der Waals surface area contributed by atoms with Gasteiger partial charge in [0.05, 0.1) is 11.6 Å². The molecule has 1 aliphatic rings. The van der Waals surface area contributed by atoms with Crippen molar-refractivity contribution in [1.82, 2.24) is 4.90 Å². The molecule has 1 saturated heterocycles. The van der Waals surface area contributed by atoms with Crippen molar-refractivity contribution in [1.29, 1.82) is 0 Å². The summed E-state index contributed by atoms with van der Waals surface area (Å²) in [6.45, 7) is 0.191. The number of carbonyl (C=O) groups excluding carboxylic acids is 2. The summed E-state index contributed by atoms with van der Waals surface area (Å²) in [6, 6.07) is 13.1. The second-order valence-corrected chi connectivity index (χ2v) is 7.12. The van der Waals surface area contributed by atoms with E-state index >= 15 is 0 Å². The van der Waals surface area contributed by atoms with E-state index in [0.29, 0.717) is 30.4 Å². The summed E-state index contributed by atoms with van der Waals surface area (Å²) in [5.41, 5.74) is 0.693. The molecule has 0 spiro atoms. The van der Waals surface area contributed by atoms with Crippen LogP contribution in [0, 0.1) is 5.82 Å². The summed E-state index contributed by atoms with van der Waals surface area (Å²) in [4.78, 5) is 37.5. The van der Waals surface area contributed by atoms with Crippen molar-refractivity contribution in [3.05, 3.63) is 77.1 Å². The van der Waals surface area contributed by atoms with Crippen molar-refractivity contribution in [3.8, 4) is 0 Å². The van der Waals surface area contributed by atoms with Gasteiger partial charge < -0.3 is 15.1 Å². The predicted molar refractivity (Wildman–Crippen MR) is 108 cm³/mol. The lowest BCUT2D eigenvalue weighted by molar-refractivity contribution is -0.140. The highest BCUT2D eigenvalue weighted by Crippen LogP contribution is 2.39. The van der Waals surface area contributed by atoms with Gasteiger partial charge in [0.1, 0.15) is 11.6 Å². The van der Waals surface area contributed by atoms with E-state index in [2.05, 4.69) is 0 Å². The van der Waals surface area contributed by atoms with E-state index in [0.717, 1.165) is 0 Å². The first kappa shape index (κ1) is 21.2. The van der Waals surface area contributed by atoms with Gasteiger partial charge in [-0.3, -0.25) is 14.4 Å². The lowest BCUT2D eigenvalue weighted by Crippen LogP contribution is -2.30. The van der Waals surface area contributed by atoms with Crippen LogP contribution in [0.4, 0.5) is 4.39 Å². The van der Waals surface area contributed by atoms with E-state index in [1.54, 1.807) is 36.4 Å². The average Bonchev–Trinajstić information content (AvgIpc) is 2.98. The van der Waals surface area contributed by atoms with Crippen LogP contribution in [0.15, 0.2) is 60.2 Å². The number of benzene rings is 2. The van der Waals surface area contributed by atoms with Gasteiger partial charge >= 0.3 is 5.97 Å². The maximum atomic E-state index is 13.9. The molecule has 1 aliphatic heterocycles. The molecular weight excluding hydrogens is 389 g/mol. The Morgan fingerprint density at radius 3 is 2.37 bits per heavy atom. The van der Waals surface area contributed by atoms with Crippen molar-refractivity contribution in [3.63, 3.8) is 0 Å². The zero-order valence-electron chi connectivity index (χ0n) is 16.3. The Morgan fingerprint density at radius 1 is 0.967 bits per heavy atom. The van der Waals surface area contributed by atoms with Gasteiger partial charge in [-0.05, 0) is 30.5 Å². The molecule has 2 aromatic rings. The maximum absolute atomic E-state index is 13.9. The molecule has 6 nitrogen and oxygen atoms in total. The third kappa shape index (κ3) is 4.56. The van der Waals surface area contributed by atoms with Gasteiger partial charge in [0.2, 0.25) is 0 Å². The van der Waals surface area contributed by atoms with Gasteiger partial charge in [0.15, 0.2) is 0 Å². The van der Waals surface area contributed by atoms with E-state index < -0.39 is 29.5 Å². The quantitative estimate of drug-likeness (QED) is 0.297. The highest BCUT2D eigenvalue weighted by molar-refractivity contribution is 6.46. The highest BCUT2D eigenvalue weighted by Gasteiger charge is 2.45. The van der Waals surface area contributed by atoms with Gasteiger partial charge in [-0.25, -0.2) is 4.39 Å². The zero-order valence-corrected chi connectivity index (χ0v) is 16.3. The largest absolute Gasteiger partial charge is 0.507 e. The standard InChI is InChI=1S/C23H22FNO5/c24-17-11-7-10-16(14-17)20-19(21(28)15-8-3-1-4-9-15)22(29)23(30)25(20)13-6-2-5-12-18(26)27/h1,3-4,7-11,14,20,28H,2,5-6,12-13H2,(H,26,27)/t20-/m0/s1. The van der Waals surface area contributed by atoms with Crippen LogP contribution in [0.2, 0.25) is 0 Å². The molecule has 3 rings (SSSR count). The molecular formula is C23H22FNO5. The van der Waals surface area contributed by atoms with Gasteiger partial charge in [-0.2, -0.15) is 0 Å². The lowest BCUT2D eigenvalue weighted by atomic mass is 9.95. The fourth-order valence-corrected chi connectivity index (χ4v) is 3.62. The Bertz CT molecular complexity index is 986. The van der Waals surface area contributed by atoms with Crippen molar-refractivity contribution >= 4 is 23.4 Å². The first-order valence-electron chi connectivity index (χ1n) is 9.71. The number of aliphatic hydroxyl groups is 1. The van der Waals surface area contributed by atoms with Crippen LogP contribution in [0.1, 0.15) is 42.9 Å². The normalized spacial score (nSPS) is 18.0. The molecule has 156 valence electrons. The number of aliphatic carboxylic acids is 1. The number of ketones is 1. The summed E-state index contributed by atoms with van der Waals surface area (Å²) in [5.74, 6) is -3.30. The Labute approximate surface area is 173 Å². The SMILES string of the molecule is O=C(O)CCCCCN1C(=O)C(=O)C(=C(O)c2ccccc2)[C@@H]1c1cccc(F)c1. The molecule has 7 heteroatoms. The Balaban J connectivity index is 1.96. The minimum Gasteiger partial charge on any atom is -0.507 e. The van der Waals surface area contributed by atoms with Gasteiger partial charge in [-0.1, -0.05) is 48.9 Å². The van der Waals surface area contributed by atoms with Crippen molar-refractivity contribution in [2.75, 3.05) is 6.54 Å². The van der Waals surface area contributed by atoms with Crippen LogP contribution in [0.25, 0.3) is 5.76 Å². The molecule has 2 N–H and O–H groups in total. The molecule has 2 aromatic carbocycles. The van der Waals surface area contributed by atoms with Crippen molar-refractivity contribution in [2.45, 2.75) is 31.7 Å². The van der Waals surface area contributed by atoms with Crippen LogP contribution in [0.5, 0.6) is 0 Å². The van der Waals surface area contributed by atoms with Crippen molar-refractivity contribution in [2.24, 2.45) is 0 Å². The molecule has 0 bridgehead atoms. The van der Waals surface area contributed by atoms with E-state index in [9.17, 15) is 23.9 Å². The molecule has 0 saturated carbocycles. The maximum Gasteiger partial charge on any atom is 0.303 e. The van der Waals surface area contributed by atoms with Crippen LogP contribution in [-0.2, 0) is 14.4 Å². The summed E-state index contributed by atoms with van der Waals surface area (Å²) in [5, 5.41) is 19.6. The van der Waals surface area contributed by atoms with Crippen LogP contribution in [-0.4, -0.2) is 39.3 Å². The lowest BCUT2D eigenvalue weighted by Gasteiger charge is -2.25. The number of amides is 1. The Morgan fingerprint density at radius 2 is 1.70 bits per heavy atom. The summed E-state index contributed by atoms with van der Waals surface area (Å²) in [7, 11) is 0. The van der Waals surface area contributed by atoms with Gasteiger partial charge in [0, 0.05) is 18.5 Å². The number of rotatable bonds is 8. The number of Topliss-reactive ketones (excluding diaryl/α,β-unsaturated/α-hetero) is 1. The molecule has 1 atom stereocenters. The van der Waals surface area contributed by atoms with E-state index in [4.69, 9.17) is 5.11 Å². The average molecular weight is 411 g/mol. The molecule has 30 heavy (non-hydrogen) atoms. The highest BCUT2D eigenvalue weighted by atomic mass is 19.1. The number of halogens is 1. The first-order valence-corrected chi connectivity index (χ1v) is 9.71. The molecule has 1 heterocycles. The molecule has 1 fully saturated rings. The Kier molecular flexibility index (Phi) is 6.61. The van der Waals surface area contributed by atoms with Crippen LogP contribution >= 0.6 is 0 Å². The fraction of sp³-hybridized carbons (Fsp3) is 0.261. The van der Waals surface area contributed by atoms with E-state index in [1.165, 1.54) is 23.1 Å². The van der Waals surface area contributed by atoms with Gasteiger partial charge in [0.25, 0.3) is 11.7 Å². The second-order valence-electron chi connectivity index (χ2n) is 7.12. The number of nitrogens with zero attached hydrogens (tertiary/aromatic N) is 1. The predicted octanol–water partition coefficient (Wildman–Crippen LogP) is 3.89. The summed E-state index contributed by atoms with van der Waals surface area (Å²) >= 11 is 0. The molecule has 0 unspecified atom stereocenters. The third-order valence-corrected chi connectivity index (χ3v) is 5.04. The number of likely N-dealkylation sites (tertiary alicyclic amines) is 1. The van der Waals surface area contributed by atoms with Crippen molar-refractivity contribution < 1.29 is 29.0 Å². The van der Waals surface area contributed by atoms with Crippen LogP contribution < -0.4 is 0 Å². The van der Waals surface area contributed by atoms with E-state index in [1.807, 2.05) is 0 Å². The molecule has 0 aliphatic carbocycles. The molecule has 0 radical (unpaired) electrons. The van der Waals surface area contributed by atoms with Crippen LogP contribution in [0.3, 0.4) is 0 Å². The number of hydrogen-bond donors (Lipinski definition) is 2. The fourth-order valence-electron chi connectivity index (χ4n) is 3.62. The molecule has 1 amide bonds. The minimum absolute atomic E-state index is 0.0279. The summed E-state index contributed by atoms with van der Waals surface area (Å²) in [6.07, 6.45) is 1.52. The number of aliphatic hydroxyl groups excluding tert-OH is 1. The number of unbranched alkanes of at least 4 members (excludes halogenated alkanes) is 2. The monoisotopic (exact) mass is 411 g/mol. The number of hydrogen-bond acceptors (Lipinski definition) is 4. The van der Waals surface area contributed by atoms with Gasteiger partial charge in [-0.15, -0.1) is 0 Å². The topological polar surface area (TPSA) is 94.9 Å². The number of carbonyl (C=O) groups is 3. The first-order chi connectivity index (χ1) is 14.4. The molecule has 0 aromatic heterocycles. The summed E-state index contributed by atoms with van der Waals surface area (Å²) < 4.78 is 13.9. The minimum atomic E-state index is -0.916. The smallest absolute Gasteiger partial charge is 0.303 e.